The summed E-state index contributed by atoms with van der Waals surface area (Å²) in [7, 11) is 1.53. The SMILES string of the molecule is COc1ccccc1NC(=O)Cn1c(=O)cc(-c2cccc(Br)c2)sc1=S. The summed E-state index contributed by atoms with van der Waals surface area (Å²) in [6, 6.07) is 16.2. The number of anilines is 1. The fourth-order valence-electron chi connectivity index (χ4n) is 2.47. The summed E-state index contributed by atoms with van der Waals surface area (Å²) in [6.07, 6.45) is 0. The van der Waals surface area contributed by atoms with Gasteiger partial charge in [0.15, 0.2) is 3.95 Å². The van der Waals surface area contributed by atoms with Crippen molar-refractivity contribution in [2.45, 2.75) is 6.54 Å². The minimum atomic E-state index is -0.352. The maximum atomic E-state index is 12.5. The number of hydrogen-bond donors (Lipinski definition) is 1. The summed E-state index contributed by atoms with van der Waals surface area (Å²) < 4.78 is 7.75. The lowest BCUT2D eigenvalue weighted by Gasteiger charge is -2.11. The fraction of sp³-hybridized carbons (Fsp3) is 0.105. The van der Waals surface area contributed by atoms with Gasteiger partial charge in [0.2, 0.25) is 5.91 Å². The largest absolute Gasteiger partial charge is 0.495 e. The first-order valence-corrected chi connectivity index (χ1v) is 9.93. The first kappa shape index (κ1) is 19.5. The molecule has 1 heterocycles. The molecule has 0 fully saturated rings. The van der Waals surface area contributed by atoms with E-state index in [0.29, 0.717) is 15.4 Å². The minimum absolute atomic E-state index is 0.162. The lowest BCUT2D eigenvalue weighted by atomic mass is 10.2. The molecule has 8 heteroatoms. The van der Waals surface area contributed by atoms with Crippen molar-refractivity contribution in [2.24, 2.45) is 0 Å². The highest BCUT2D eigenvalue weighted by Gasteiger charge is 2.11. The quantitative estimate of drug-likeness (QED) is 0.557. The molecule has 0 aliphatic heterocycles. The van der Waals surface area contributed by atoms with Crippen molar-refractivity contribution in [3.63, 3.8) is 0 Å². The van der Waals surface area contributed by atoms with E-state index in [0.717, 1.165) is 14.9 Å². The summed E-state index contributed by atoms with van der Waals surface area (Å²) in [4.78, 5) is 25.7. The Kier molecular flexibility index (Phi) is 6.20. The Morgan fingerprint density at radius 3 is 2.70 bits per heavy atom. The van der Waals surface area contributed by atoms with E-state index in [-0.39, 0.29) is 18.0 Å². The van der Waals surface area contributed by atoms with Gasteiger partial charge in [0.25, 0.3) is 5.56 Å². The Hall–Kier alpha value is -2.29. The second-order valence-corrected chi connectivity index (χ2v) is 8.15. The summed E-state index contributed by atoms with van der Waals surface area (Å²) in [5, 5.41) is 2.75. The van der Waals surface area contributed by atoms with Crippen LogP contribution in [0.2, 0.25) is 0 Å². The van der Waals surface area contributed by atoms with Crippen molar-refractivity contribution in [3.05, 3.63) is 73.4 Å². The molecule has 1 N–H and O–H groups in total. The van der Waals surface area contributed by atoms with Gasteiger partial charge in [-0.1, -0.05) is 40.2 Å². The first-order valence-electron chi connectivity index (χ1n) is 7.92. The molecule has 3 rings (SSSR count). The highest BCUT2D eigenvalue weighted by atomic mass is 79.9. The molecular formula is C19H15BrN2O3S2. The molecule has 2 aromatic carbocycles. The Bertz CT molecular complexity index is 1080. The van der Waals surface area contributed by atoms with Gasteiger partial charge in [0.1, 0.15) is 12.3 Å². The summed E-state index contributed by atoms with van der Waals surface area (Å²) in [6.45, 7) is -0.162. The zero-order chi connectivity index (χ0) is 19.4. The van der Waals surface area contributed by atoms with Gasteiger partial charge in [-0.3, -0.25) is 14.2 Å². The molecule has 1 amide bonds. The molecule has 0 radical (unpaired) electrons. The standard InChI is InChI=1S/C19H15BrN2O3S2/c1-25-15-8-3-2-7-14(15)21-17(23)11-22-18(24)10-16(27-19(22)26)12-5-4-6-13(20)9-12/h2-10H,11H2,1H3,(H,21,23). The number of ether oxygens (including phenoxy) is 1. The number of carbonyl (C=O) groups is 1. The van der Waals surface area contributed by atoms with E-state index >= 15 is 0 Å². The van der Waals surface area contributed by atoms with E-state index in [2.05, 4.69) is 21.2 Å². The van der Waals surface area contributed by atoms with Crippen LogP contribution in [0.5, 0.6) is 5.75 Å². The van der Waals surface area contributed by atoms with Gasteiger partial charge < -0.3 is 10.1 Å². The van der Waals surface area contributed by atoms with Crippen LogP contribution >= 0.6 is 39.5 Å². The lowest BCUT2D eigenvalue weighted by Crippen LogP contribution is -2.27. The molecule has 0 atom stereocenters. The van der Waals surface area contributed by atoms with Crippen molar-refractivity contribution in [3.8, 4) is 16.2 Å². The maximum Gasteiger partial charge on any atom is 0.254 e. The van der Waals surface area contributed by atoms with Gasteiger partial charge in [-0.05, 0) is 42.0 Å². The highest BCUT2D eigenvalue weighted by Crippen LogP contribution is 2.26. The number of methoxy groups -OCH3 is 1. The average molecular weight is 463 g/mol. The van der Waals surface area contributed by atoms with Crippen molar-refractivity contribution in [2.75, 3.05) is 12.4 Å². The van der Waals surface area contributed by atoms with Crippen molar-refractivity contribution in [1.29, 1.82) is 0 Å². The molecule has 0 aliphatic carbocycles. The topological polar surface area (TPSA) is 60.3 Å². The van der Waals surface area contributed by atoms with Gasteiger partial charge in [-0.25, -0.2) is 0 Å². The Morgan fingerprint density at radius 1 is 1.22 bits per heavy atom. The molecule has 138 valence electrons. The van der Waals surface area contributed by atoms with Crippen LogP contribution in [0.1, 0.15) is 0 Å². The smallest absolute Gasteiger partial charge is 0.254 e. The number of para-hydroxylation sites is 2. The zero-order valence-electron chi connectivity index (χ0n) is 14.3. The minimum Gasteiger partial charge on any atom is -0.495 e. The van der Waals surface area contributed by atoms with Gasteiger partial charge in [-0.2, -0.15) is 0 Å². The zero-order valence-corrected chi connectivity index (χ0v) is 17.5. The molecule has 0 saturated heterocycles. The third-order valence-electron chi connectivity index (χ3n) is 3.73. The normalized spacial score (nSPS) is 10.4. The number of rotatable bonds is 5. The average Bonchev–Trinajstić information content (AvgIpc) is 2.65. The van der Waals surface area contributed by atoms with Gasteiger partial charge in [0, 0.05) is 15.4 Å². The predicted octanol–water partition coefficient (Wildman–Crippen LogP) is 4.72. The fourth-order valence-corrected chi connectivity index (χ4v) is 4.15. The predicted molar refractivity (Wildman–Crippen MR) is 114 cm³/mol. The second kappa shape index (κ2) is 8.60. The van der Waals surface area contributed by atoms with Crippen LogP contribution in [0, 0.1) is 3.95 Å². The molecule has 0 unspecified atom stereocenters. The Morgan fingerprint density at radius 2 is 2.00 bits per heavy atom. The van der Waals surface area contributed by atoms with Gasteiger partial charge in [0.05, 0.1) is 12.8 Å². The number of hydrogen-bond acceptors (Lipinski definition) is 5. The van der Waals surface area contributed by atoms with E-state index in [1.807, 2.05) is 30.3 Å². The van der Waals surface area contributed by atoms with Crippen molar-refractivity contribution in [1.82, 2.24) is 4.57 Å². The number of carbonyl (C=O) groups excluding carboxylic acids is 1. The summed E-state index contributed by atoms with van der Waals surface area (Å²) in [5.74, 6) is 0.194. The van der Waals surface area contributed by atoms with E-state index in [1.165, 1.54) is 29.1 Å². The molecule has 3 aromatic rings. The second-order valence-electron chi connectivity index (χ2n) is 5.56. The molecule has 5 nitrogen and oxygen atoms in total. The Labute approximate surface area is 173 Å². The third kappa shape index (κ3) is 4.71. The lowest BCUT2D eigenvalue weighted by molar-refractivity contribution is -0.116. The van der Waals surface area contributed by atoms with Crippen LogP contribution in [0.4, 0.5) is 5.69 Å². The molecular weight excluding hydrogens is 448 g/mol. The maximum absolute atomic E-state index is 12.5. The molecule has 0 spiro atoms. The Balaban J connectivity index is 1.84. The number of amides is 1. The van der Waals surface area contributed by atoms with Crippen LogP contribution < -0.4 is 15.6 Å². The molecule has 27 heavy (non-hydrogen) atoms. The number of nitrogens with zero attached hydrogens (tertiary/aromatic N) is 1. The van der Waals surface area contributed by atoms with Gasteiger partial charge in [-0.15, -0.1) is 11.3 Å². The summed E-state index contributed by atoms with van der Waals surface area (Å²) >= 11 is 10.1. The van der Waals surface area contributed by atoms with E-state index in [1.54, 1.807) is 18.2 Å². The van der Waals surface area contributed by atoms with Crippen LogP contribution in [0.15, 0.2) is 63.9 Å². The van der Waals surface area contributed by atoms with Crippen LogP contribution in [-0.2, 0) is 11.3 Å². The third-order valence-corrected chi connectivity index (χ3v) is 5.66. The van der Waals surface area contributed by atoms with E-state index in [9.17, 15) is 9.59 Å². The monoisotopic (exact) mass is 462 g/mol. The number of nitrogens with one attached hydrogen (secondary N) is 1. The highest BCUT2D eigenvalue weighted by molar-refractivity contribution is 9.10. The van der Waals surface area contributed by atoms with Crippen LogP contribution in [-0.4, -0.2) is 17.6 Å². The number of halogens is 1. The van der Waals surface area contributed by atoms with Gasteiger partial charge >= 0.3 is 0 Å². The van der Waals surface area contributed by atoms with Crippen molar-refractivity contribution >= 4 is 51.1 Å². The van der Waals surface area contributed by atoms with Crippen molar-refractivity contribution < 1.29 is 9.53 Å². The number of aromatic nitrogens is 1. The van der Waals surface area contributed by atoms with E-state index < -0.39 is 0 Å². The molecule has 1 aromatic heterocycles. The number of benzene rings is 2. The molecule has 0 bridgehead atoms. The van der Waals surface area contributed by atoms with E-state index in [4.69, 9.17) is 17.0 Å². The first-order chi connectivity index (χ1) is 13.0. The van der Waals surface area contributed by atoms with Crippen LogP contribution in [0.25, 0.3) is 10.4 Å². The van der Waals surface area contributed by atoms with Crippen LogP contribution in [0.3, 0.4) is 0 Å². The molecule has 0 saturated carbocycles. The summed E-state index contributed by atoms with van der Waals surface area (Å²) in [5.41, 5.74) is 1.12. The molecule has 0 aliphatic rings.